The molecule has 0 N–H and O–H groups in total. The SMILES string of the molecule is C=C/C=C\c1oc2c(-c3ccc(-c4cc(-c5cccc(-c6cccc(-c7nc(-c8ccccc8)nc(-c8ccccc8)n7)c6)c5)nc(-c5ccccc5)n4)cc3)cccc2c1C. The fourth-order valence-electron chi connectivity index (χ4n) is 7.72. The molecule has 3 aromatic heterocycles. The average molecular weight is 798 g/mol. The smallest absolute Gasteiger partial charge is 0.164 e. The first-order chi connectivity index (χ1) is 30.6. The molecule has 0 unspecified atom stereocenters. The third-order valence-electron chi connectivity index (χ3n) is 10.9. The number of allylic oxidation sites excluding steroid dienone is 2. The quantitative estimate of drug-likeness (QED) is 0.128. The van der Waals surface area contributed by atoms with Crippen LogP contribution in [0.3, 0.4) is 0 Å². The Balaban J connectivity index is 1.02. The molecule has 7 aromatic carbocycles. The van der Waals surface area contributed by atoms with Crippen molar-refractivity contribution in [2.24, 2.45) is 0 Å². The summed E-state index contributed by atoms with van der Waals surface area (Å²) in [6, 6.07) is 63.9. The van der Waals surface area contributed by atoms with Crippen LogP contribution in [0.25, 0.3) is 107 Å². The van der Waals surface area contributed by atoms with Gasteiger partial charge in [-0.3, -0.25) is 0 Å². The van der Waals surface area contributed by atoms with Gasteiger partial charge in [-0.15, -0.1) is 0 Å². The van der Waals surface area contributed by atoms with Gasteiger partial charge < -0.3 is 4.42 Å². The molecule has 0 saturated carbocycles. The number of hydrogen-bond acceptors (Lipinski definition) is 6. The van der Waals surface area contributed by atoms with Gasteiger partial charge in [0.15, 0.2) is 23.3 Å². The van der Waals surface area contributed by atoms with Crippen molar-refractivity contribution >= 4 is 17.0 Å². The van der Waals surface area contributed by atoms with Gasteiger partial charge in [-0.1, -0.05) is 189 Å². The van der Waals surface area contributed by atoms with Gasteiger partial charge in [-0.05, 0) is 47.9 Å². The lowest BCUT2D eigenvalue weighted by molar-refractivity contribution is 0.602. The lowest BCUT2D eigenvalue weighted by Crippen LogP contribution is -2.00. The molecule has 62 heavy (non-hydrogen) atoms. The Kier molecular flexibility index (Phi) is 10.2. The van der Waals surface area contributed by atoms with E-state index in [1.54, 1.807) is 6.08 Å². The van der Waals surface area contributed by atoms with Crippen molar-refractivity contribution < 1.29 is 4.42 Å². The van der Waals surface area contributed by atoms with E-state index in [0.29, 0.717) is 23.3 Å². The molecule has 0 atom stereocenters. The maximum atomic E-state index is 6.38. The van der Waals surface area contributed by atoms with Crippen LogP contribution in [0.5, 0.6) is 0 Å². The van der Waals surface area contributed by atoms with Gasteiger partial charge in [-0.2, -0.15) is 0 Å². The fraction of sp³-hybridized carbons (Fsp3) is 0.0179. The van der Waals surface area contributed by atoms with E-state index in [4.69, 9.17) is 29.3 Å². The molecule has 0 spiro atoms. The molecule has 10 aromatic rings. The van der Waals surface area contributed by atoms with Crippen LogP contribution in [0.15, 0.2) is 211 Å². The van der Waals surface area contributed by atoms with Gasteiger partial charge in [0.05, 0.1) is 11.4 Å². The normalized spacial score (nSPS) is 11.3. The Labute approximate surface area is 360 Å². The largest absolute Gasteiger partial charge is 0.456 e. The zero-order valence-electron chi connectivity index (χ0n) is 34.0. The topological polar surface area (TPSA) is 77.6 Å². The summed E-state index contributed by atoms with van der Waals surface area (Å²) in [6.07, 6.45) is 5.61. The van der Waals surface area contributed by atoms with Gasteiger partial charge in [0.1, 0.15) is 11.3 Å². The summed E-state index contributed by atoms with van der Waals surface area (Å²) in [7, 11) is 0. The van der Waals surface area contributed by atoms with Crippen molar-refractivity contribution in [1.82, 2.24) is 24.9 Å². The van der Waals surface area contributed by atoms with E-state index >= 15 is 0 Å². The number of aromatic nitrogens is 5. The van der Waals surface area contributed by atoms with E-state index in [2.05, 4.69) is 111 Å². The van der Waals surface area contributed by atoms with Gasteiger partial charge in [-0.25, -0.2) is 24.9 Å². The van der Waals surface area contributed by atoms with E-state index in [1.807, 2.05) is 103 Å². The number of fused-ring (bicyclic) bond motifs is 1. The van der Waals surface area contributed by atoms with Gasteiger partial charge >= 0.3 is 0 Å². The second-order valence-electron chi connectivity index (χ2n) is 15.0. The minimum absolute atomic E-state index is 0.607. The number of benzene rings is 7. The van der Waals surface area contributed by atoms with E-state index in [-0.39, 0.29) is 0 Å². The Bertz CT molecular complexity index is 3190. The maximum absolute atomic E-state index is 6.38. The summed E-state index contributed by atoms with van der Waals surface area (Å²) < 4.78 is 6.38. The first kappa shape index (κ1) is 37.9. The van der Waals surface area contributed by atoms with Crippen LogP contribution in [-0.4, -0.2) is 24.9 Å². The standard InChI is InChI=1S/C56H39N5O/c1-3-4-29-51-37(2)47-27-16-28-48(52(47)62-51)38-30-32-39(33-31-38)49-36-50(58-53(57-49)40-17-8-5-9-18-40)45-25-14-23-43(34-45)44-24-15-26-46(35-44)56-60-54(41-19-10-6-11-20-41)59-55(61-56)42-21-12-7-13-22-42/h3-36H,1H2,2H3/b29-4-. The van der Waals surface area contributed by atoms with Crippen LogP contribution in [0, 0.1) is 6.92 Å². The van der Waals surface area contributed by atoms with Crippen molar-refractivity contribution in [3.63, 3.8) is 0 Å². The number of furan rings is 1. The van der Waals surface area contributed by atoms with Crippen molar-refractivity contribution in [2.75, 3.05) is 0 Å². The highest BCUT2D eigenvalue weighted by atomic mass is 16.3. The van der Waals surface area contributed by atoms with Crippen LogP contribution >= 0.6 is 0 Å². The number of hydrogen-bond donors (Lipinski definition) is 0. The van der Waals surface area contributed by atoms with Crippen LogP contribution in [-0.2, 0) is 0 Å². The molecule has 0 bridgehead atoms. The number of rotatable bonds is 10. The van der Waals surface area contributed by atoms with E-state index < -0.39 is 0 Å². The van der Waals surface area contributed by atoms with Gasteiger partial charge in [0, 0.05) is 49.9 Å². The second kappa shape index (κ2) is 16.7. The van der Waals surface area contributed by atoms with Crippen molar-refractivity contribution in [2.45, 2.75) is 6.92 Å². The summed E-state index contributed by atoms with van der Waals surface area (Å²) in [5.74, 6) is 3.35. The van der Waals surface area contributed by atoms with Crippen molar-refractivity contribution in [3.8, 4) is 90.3 Å². The van der Waals surface area contributed by atoms with Crippen LogP contribution in [0.4, 0.5) is 0 Å². The highest BCUT2D eigenvalue weighted by Gasteiger charge is 2.17. The lowest BCUT2D eigenvalue weighted by Gasteiger charge is -2.12. The van der Waals surface area contributed by atoms with Gasteiger partial charge in [0.25, 0.3) is 0 Å². The summed E-state index contributed by atoms with van der Waals surface area (Å²) in [5.41, 5.74) is 13.5. The number of nitrogens with zero attached hydrogens (tertiary/aromatic N) is 5. The van der Waals surface area contributed by atoms with E-state index in [1.165, 1.54) is 0 Å². The van der Waals surface area contributed by atoms with Crippen LogP contribution in [0.1, 0.15) is 11.3 Å². The molecule has 6 nitrogen and oxygen atoms in total. The minimum Gasteiger partial charge on any atom is -0.456 e. The first-order valence-electron chi connectivity index (χ1n) is 20.5. The average Bonchev–Trinajstić information content (AvgIpc) is 3.68. The molecule has 294 valence electrons. The molecule has 6 heteroatoms. The fourth-order valence-corrected chi connectivity index (χ4v) is 7.72. The Morgan fingerprint density at radius 1 is 0.403 bits per heavy atom. The zero-order valence-corrected chi connectivity index (χ0v) is 34.0. The molecule has 10 rings (SSSR count). The first-order valence-corrected chi connectivity index (χ1v) is 20.5. The predicted molar refractivity (Wildman–Crippen MR) is 253 cm³/mol. The molecule has 0 radical (unpaired) electrons. The minimum atomic E-state index is 0.607. The monoisotopic (exact) mass is 797 g/mol. The summed E-state index contributed by atoms with van der Waals surface area (Å²) in [4.78, 5) is 25.1. The second-order valence-corrected chi connectivity index (χ2v) is 15.0. The zero-order chi connectivity index (χ0) is 41.8. The Morgan fingerprint density at radius 3 is 1.44 bits per heavy atom. The molecule has 0 amide bonds. The molecule has 0 aliphatic rings. The molecular weight excluding hydrogens is 759 g/mol. The molecule has 0 fully saturated rings. The van der Waals surface area contributed by atoms with Crippen molar-refractivity contribution in [3.05, 3.63) is 218 Å². The third-order valence-corrected chi connectivity index (χ3v) is 10.9. The molecule has 3 heterocycles. The highest BCUT2D eigenvalue weighted by Crippen LogP contribution is 2.37. The summed E-state index contributed by atoms with van der Waals surface area (Å²) in [5, 5.41) is 1.09. The lowest BCUT2D eigenvalue weighted by atomic mass is 9.98. The number of aryl methyl sites for hydroxylation is 1. The molecule has 0 saturated heterocycles. The van der Waals surface area contributed by atoms with E-state index in [9.17, 15) is 0 Å². The Hall–Kier alpha value is -8.35. The Morgan fingerprint density at radius 2 is 0.855 bits per heavy atom. The summed E-state index contributed by atoms with van der Waals surface area (Å²) in [6.45, 7) is 5.90. The summed E-state index contributed by atoms with van der Waals surface area (Å²) >= 11 is 0. The molecule has 0 aliphatic carbocycles. The van der Waals surface area contributed by atoms with Crippen LogP contribution in [0.2, 0.25) is 0 Å². The van der Waals surface area contributed by atoms with Crippen LogP contribution < -0.4 is 0 Å². The maximum Gasteiger partial charge on any atom is 0.164 e. The number of para-hydroxylation sites is 1. The molecular formula is C56H39N5O. The van der Waals surface area contributed by atoms with Gasteiger partial charge in [0.2, 0.25) is 0 Å². The van der Waals surface area contributed by atoms with E-state index in [0.717, 1.165) is 89.3 Å². The predicted octanol–water partition coefficient (Wildman–Crippen LogP) is 14.3. The molecule has 0 aliphatic heterocycles. The van der Waals surface area contributed by atoms with Crippen molar-refractivity contribution in [1.29, 1.82) is 0 Å². The highest BCUT2D eigenvalue weighted by molar-refractivity contribution is 5.96. The third kappa shape index (κ3) is 7.65.